The first-order valence-corrected chi connectivity index (χ1v) is 16.3. The van der Waals surface area contributed by atoms with Gasteiger partial charge in [-0.2, -0.15) is 0 Å². The largest absolute Gasteiger partial charge is 0.456 e. The van der Waals surface area contributed by atoms with Crippen LogP contribution in [0.25, 0.3) is 95.2 Å². The van der Waals surface area contributed by atoms with E-state index in [2.05, 4.69) is 78.9 Å². The summed E-state index contributed by atoms with van der Waals surface area (Å²) in [5.74, 6) is 1.85. The molecule has 5 nitrogen and oxygen atoms in total. The highest BCUT2D eigenvalue weighted by atomic mass is 16.3. The first-order valence-electron chi connectivity index (χ1n) is 16.3. The van der Waals surface area contributed by atoms with Crippen LogP contribution in [0.5, 0.6) is 0 Å². The summed E-state index contributed by atoms with van der Waals surface area (Å²) in [4.78, 5) is 15.6. The predicted molar refractivity (Wildman–Crippen MR) is 193 cm³/mol. The van der Waals surface area contributed by atoms with E-state index >= 15 is 0 Å². The summed E-state index contributed by atoms with van der Waals surface area (Å²) in [5, 5.41) is 4.18. The number of rotatable bonds is 4. The molecule has 1 aliphatic carbocycles. The van der Waals surface area contributed by atoms with Gasteiger partial charge in [-0.15, -0.1) is 0 Å². The van der Waals surface area contributed by atoms with Gasteiger partial charge in [-0.3, -0.25) is 0 Å². The smallest absolute Gasteiger partial charge is 0.164 e. The van der Waals surface area contributed by atoms with Gasteiger partial charge in [-0.25, -0.2) is 15.0 Å². The molecular formula is C43H27N3O2. The van der Waals surface area contributed by atoms with Crippen molar-refractivity contribution in [2.45, 2.75) is 12.8 Å². The Kier molecular flexibility index (Phi) is 5.93. The van der Waals surface area contributed by atoms with Crippen molar-refractivity contribution in [3.8, 4) is 45.3 Å². The van der Waals surface area contributed by atoms with Gasteiger partial charge in [-0.1, -0.05) is 109 Å². The Labute approximate surface area is 275 Å². The molecule has 0 saturated heterocycles. The highest BCUT2D eigenvalue weighted by molar-refractivity contribution is 6.14. The number of hydrogen-bond acceptors (Lipinski definition) is 5. The van der Waals surface area contributed by atoms with E-state index in [1.807, 2.05) is 60.7 Å². The van der Waals surface area contributed by atoms with Crippen molar-refractivity contribution in [2.75, 3.05) is 0 Å². The number of nitrogens with zero attached hydrogens (tertiary/aromatic N) is 3. The summed E-state index contributed by atoms with van der Waals surface area (Å²) in [5.41, 5.74) is 10.8. The number of allylic oxidation sites excluding steroid dienone is 1. The Hall–Kier alpha value is -6.33. The first-order chi connectivity index (χ1) is 23.8. The van der Waals surface area contributed by atoms with E-state index in [0.717, 1.165) is 84.5 Å². The molecule has 0 unspecified atom stereocenters. The standard InChI is InChI=1S/C43H27N3O2/c1-2-12-27-25-28(24-23-26(27)11-1)41-44-42(46-43(45-41)34-18-10-22-38-40(34)33-16-6-8-20-36(33)48-38)31-14-4-3-13-29(31)30-17-9-21-37-39(30)32-15-5-7-19-35(32)47-37/h1,3-11,13-25H,2,12H2. The average Bonchev–Trinajstić information content (AvgIpc) is 3.73. The molecule has 0 atom stereocenters. The summed E-state index contributed by atoms with van der Waals surface area (Å²) in [6.07, 6.45) is 6.46. The lowest BCUT2D eigenvalue weighted by Gasteiger charge is -2.14. The Morgan fingerprint density at radius 2 is 1.02 bits per heavy atom. The van der Waals surface area contributed by atoms with Crippen LogP contribution in [0.15, 0.2) is 142 Å². The van der Waals surface area contributed by atoms with Gasteiger partial charge in [0.2, 0.25) is 0 Å². The van der Waals surface area contributed by atoms with Crippen LogP contribution >= 0.6 is 0 Å². The molecule has 0 bridgehead atoms. The third kappa shape index (κ3) is 4.21. The minimum Gasteiger partial charge on any atom is -0.456 e. The molecule has 0 spiro atoms. The molecule has 3 aromatic heterocycles. The fraction of sp³-hybridized carbons (Fsp3) is 0.0465. The second-order valence-electron chi connectivity index (χ2n) is 12.3. The van der Waals surface area contributed by atoms with Crippen LogP contribution in [0.1, 0.15) is 17.5 Å². The van der Waals surface area contributed by atoms with Crippen molar-refractivity contribution < 1.29 is 8.83 Å². The van der Waals surface area contributed by atoms with Gasteiger partial charge in [0.15, 0.2) is 17.5 Å². The van der Waals surface area contributed by atoms with E-state index in [1.54, 1.807) is 0 Å². The summed E-state index contributed by atoms with van der Waals surface area (Å²) in [6, 6.07) is 43.5. The lowest BCUT2D eigenvalue weighted by molar-refractivity contribution is 0.668. The number of aryl methyl sites for hydroxylation is 1. The Morgan fingerprint density at radius 1 is 0.458 bits per heavy atom. The molecule has 0 N–H and O–H groups in total. The minimum atomic E-state index is 0.603. The molecule has 0 amide bonds. The van der Waals surface area contributed by atoms with Gasteiger partial charge in [0.25, 0.3) is 0 Å². The van der Waals surface area contributed by atoms with E-state index in [1.165, 1.54) is 11.1 Å². The Morgan fingerprint density at radius 3 is 1.77 bits per heavy atom. The molecule has 0 fully saturated rings. The molecule has 48 heavy (non-hydrogen) atoms. The van der Waals surface area contributed by atoms with Crippen molar-refractivity contribution in [1.82, 2.24) is 15.0 Å². The molecule has 5 heteroatoms. The maximum atomic E-state index is 6.27. The van der Waals surface area contributed by atoms with Gasteiger partial charge in [0, 0.05) is 38.2 Å². The fourth-order valence-electron chi connectivity index (χ4n) is 7.19. The van der Waals surface area contributed by atoms with Crippen molar-refractivity contribution in [3.63, 3.8) is 0 Å². The van der Waals surface area contributed by atoms with Crippen LogP contribution in [-0.4, -0.2) is 15.0 Å². The van der Waals surface area contributed by atoms with Crippen molar-refractivity contribution in [3.05, 3.63) is 145 Å². The molecule has 0 saturated carbocycles. The lowest BCUT2D eigenvalue weighted by atomic mass is 9.94. The van der Waals surface area contributed by atoms with E-state index in [4.69, 9.17) is 23.8 Å². The lowest BCUT2D eigenvalue weighted by Crippen LogP contribution is -2.02. The Balaban J connectivity index is 1.24. The number of para-hydroxylation sites is 2. The maximum Gasteiger partial charge on any atom is 0.164 e. The third-order valence-electron chi connectivity index (χ3n) is 9.42. The topological polar surface area (TPSA) is 65.0 Å². The Bertz CT molecular complexity index is 2750. The monoisotopic (exact) mass is 617 g/mol. The molecule has 0 aliphatic heterocycles. The van der Waals surface area contributed by atoms with Crippen LogP contribution < -0.4 is 0 Å². The average molecular weight is 618 g/mol. The molecule has 10 rings (SSSR count). The second kappa shape index (κ2) is 10.6. The van der Waals surface area contributed by atoms with Crippen LogP contribution in [-0.2, 0) is 6.42 Å². The number of hydrogen-bond donors (Lipinski definition) is 0. The molecule has 0 radical (unpaired) electrons. The van der Waals surface area contributed by atoms with Crippen molar-refractivity contribution in [1.29, 1.82) is 0 Å². The molecule has 1 aliphatic rings. The maximum absolute atomic E-state index is 6.27. The predicted octanol–water partition coefficient (Wildman–Crippen LogP) is 11.3. The number of benzene rings is 6. The zero-order chi connectivity index (χ0) is 31.6. The van der Waals surface area contributed by atoms with Gasteiger partial charge >= 0.3 is 0 Å². The zero-order valence-electron chi connectivity index (χ0n) is 25.9. The van der Waals surface area contributed by atoms with Crippen LogP contribution in [0, 0.1) is 0 Å². The summed E-state index contributed by atoms with van der Waals surface area (Å²) >= 11 is 0. The number of furan rings is 2. The molecule has 9 aromatic rings. The molecule has 226 valence electrons. The van der Waals surface area contributed by atoms with Gasteiger partial charge < -0.3 is 8.83 Å². The molecule has 6 aromatic carbocycles. The van der Waals surface area contributed by atoms with Crippen molar-refractivity contribution in [2.24, 2.45) is 0 Å². The van der Waals surface area contributed by atoms with Crippen LogP contribution in [0.2, 0.25) is 0 Å². The molecule has 3 heterocycles. The quantitative estimate of drug-likeness (QED) is 0.197. The number of aromatic nitrogens is 3. The third-order valence-corrected chi connectivity index (χ3v) is 9.42. The summed E-state index contributed by atoms with van der Waals surface area (Å²) in [6.45, 7) is 0. The summed E-state index contributed by atoms with van der Waals surface area (Å²) < 4.78 is 12.5. The zero-order valence-corrected chi connectivity index (χ0v) is 25.9. The first kappa shape index (κ1) is 26.8. The minimum absolute atomic E-state index is 0.603. The highest BCUT2D eigenvalue weighted by Gasteiger charge is 2.21. The second-order valence-corrected chi connectivity index (χ2v) is 12.3. The highest BCUT2D eigenvalue weighted by Crippen LogP contribution is 2.41. The van der Waals surface area contributed by atoms with Gasteiger partial charge in [0.05, 0.1) is 0 Å². The fourth-order valence-corrected chi connectivity index (χ4v) is 7.19. The van der Waals surface area contributed by atoms with E-state index in [9.17, 15) is 0 Å². The SMILES string of the molecule is C1=Cc2ccc(-c3nc(-c4ccccc4-c4cccc5oc6ccccc6c45)nc(-c4cccc5oc6ccccc6c45)n3)cc2CC1. The van der Waals surface area contributed by atoms with E-state index in [-0.39, 0.29) is 0 Å². The van der Waals surface area contributed by atoms with E-state index < -0.39 is 0 Å². The van der Waals surface area contributed by atoms with Gasteiger partial charge in [-0.05, 0) is 65.4 Å². The van der Waals surface area contributed by atoms with Crippen molar-refractivity contribution >= 4 is 50.0 Å². The van der Waals surface area contributed by atoms with Gasteiger partial charge in [0.1, 0.15) is 22.3 Å². The van der Waals surface area contributed by atoms with Crippen LogP contribution in [0.4, 0.5) is 0 Å². The summed E-state index contributed by atoms with van der Waals surface area (Å²) in [7, 11) is 0. The molecular weight excluding hydrogens is 590 g/mol. The van der Waals surface area contributed by atoms with Crippen LogP contribution in [0.3, 0.4) is 0 Å². The number of fused-ring (bicyclic) bond motifs is 7. The normalized spacial score (nSPS) is 12.8. The van der Waals surface area contributed by atoms with E-state index in [0.29, 0.717) is 17.5 Å².